The van der Waals surface area contributed by atoms with E-state index < -0.39 is 10.0 Å². The third-order valence-electron chi connectivity index (χ3n) is 6.48. The SMILES string of the molecule is O=S(=O)(c1ccc(Nc2nc(OCC3CCCCC3)c3[nH]cnc3n2)cc1)N1CCCNCC1. The lowest BCUT2D eigenvalue weighted by Gasteiger charge is -2.21. The summed E-state index contributed by atoms with van der Waals surface area (Å²) in [7, 11) is -3.52. The minimum Gasteiger partial charge on any atom is -0.476 e. The number of ether oxygens (including phenoxy) is 1. The van der Waals surface area contributed by atoms with E-state index in [1.54, 1.807) is 34.9 Å². The molecule has 0 radical (unpaired) electrons. The van der Waals surface area contributed by atoms with Gasteiger partial charge >= 0.3 is 0 Å². The molecule has 1 saturated carbocycles. The zero-order valence-electron chi connectivity index (χ0n) is 19.2. The first-order chi connectivity index (χ1) is 16.6. The number of hydrogen-bond acceptors (Lipinski definition) is 8. The van der Waals surface area contributed by atoms with Crippen LogP contribution in [0.1, 0.15) is 38.5 Å². The largest absolute Gasteiger partial charge is 0.476 e. The van der Waals surface area contributed by atoms with Gasteiger partial charge < -0.3 is 20.4 Å². The first-order valence-electron chi connectivity index (χ1n) is 12.0. The van der Waals surface area contributed by atoms with Crippen molar-refractivity contribution >= 4 is 32.8 Å². The van der Waals surface area contributed by atoms with Gasteiger partial charge in [-0.05, 0) is 56.0 Å². The lowest BCUT2D eigenvalue weighted by Crippen LogP contribution is -2.34. The number of rotatable bonds is 7. The van der Waals surface area contributed by atoms with Crippen molar-refractivity contribution in [2.75, 3.05) is 38.1 Å². The molecular weight excluding hydrogens is 454 g/mol. The Morgan fingerprint density at radius 1 is 1.03 bits per heavy atom. The van der Waals surface area contributed by atoms with Crippen molar-refractivity contribution in [2.45, 2.75) is 43.4 Å². The van der Waals surface area contributed by atoms with Crippen molar-refractivity contribution in [3.05, 3.63) is 30.6 Å². The Kier molecular flexibility index (Phi) is 6.93. The van der Waals surface area contributed by atoms with Gasteiger partial charge in [0.25, 0.3) is 0 Å². The molecular formula is C23H31N7O3S. The number of aromatic nitrogens is 4. The molecule has 1 aliphatic heterocycles. The minimum atomic E-state index is -3.52. The Hall–Kier alpha value is -2.76. The molecule has 11 heteroatoms. The quantitative estimate of drug-likeness (QED) is 0.466. The number of nitrogens with zero attached hydrogens (tertiary/aromatic N) is 4. The van der Waals surface area contributed by atoms with Crippen LogP contribution in [-0.2, 0) is 10.0 Å². The summed E-state index contributed by atoms with van der Waals surface area (Å²) in [5.74, 6) is 1.38. The van der Waals surface area contributed by atoms with E-state index in [2.05, 4.69) is 30.6 Å². The number of sulfonamides is 1. The van der Waals surface area contributed by atoms with Crippen LogP contribution in [0.5, 0.6) is 5.88 Å². The minimum absolute atomic E-state index is 0.278. The highest BCUT2D eigenvalue weighted by Crippen LogP contribution is 2.27. The number of benzene rings is 1. The molecule has 2 aromatic heterocycles. The number of hydrogen-bond donors (Lipinski definition) is 3. The zero-order chi connectivity index (χ0) is 23.4. The maximum Gasteiger partial charge on any atom is 0.245 e. The average molecular weight is 486 g/mol. The number of imidazole rings is 1. The normalized spacial score (nSPS) is 18.6. The first kappa shape index (κ1) is 23.0. The van der Waals surface area contributed by atoms with Crippen LogP contribution < -0.4 is 15.4 Å². The van der Waals surface area contributed by atoms with Crippen LogP contribution in [0.3, 0.4) is 0 Å². The van der Waals surface area contributed by atoms with E-state index in [1.165, 1.54) is 32.1 Å². The van der Waals surface area contributed by atoms with E-state index in [-0.39, 0.29) is 4.90 Å². The van der Waals surface area contributed by atoms with E-state index >= 15 is 0 Å². The van der Waals surface area contributed by atoms with E-state index in [9.17, 15) is 8.42 Å². The third-order valence-corrected chi connectivity index (χ3v) is 8.39. The molecule has 5 rings (SSSR count). The lowest BCUT2D eigenvalue weighted by molar-refractivity contribution is 0.205. The molecule has 182 valence electrons. The first-order valence-corrected chi connectivity index (χ1v) is 13.5. The van der Waals surface area contributed by atoms with Crippen molar-refractivity contribution in [1.29, 1.82) is 0 Å². The molecule has 1 aromatic carbocycles. The van der Waals surface area contributed by atoms with Crippen LogP contribution in [-0.4, -0.2) is 65.4 Å². The highest BCUT2D eigenvalue weighted by Gasteiger charge is 2.25. The fourth-order valence-electron chi connectivity index (χ4n) is 4.57. The monoisotopic (exact) mass is 485 g/mol. The van der Waals surface area contributed by atoms with Crippen molar-refractivity contribution in [3.63, 3.8) is 0 Å². The van der Waals surface area contributed by atoms with Crippen LogP contribution in [0.15, 0.2) is 35.5 Å². The van der Waals surface area contributed by atoms with Gasteiger partial charge in [0.05, 0.1) is 17.8 Å². The number of fused-ring (bicyclic) bond motifs is 1. The standard InChI is InChI=1S/C23H31N7O3S/c31-34(32,30-13-4-11-24-12-14-30)19-9-7-18(8-10-19)27-23-28-21-20(25-16-26-21)22(29-23)33-15-17-5-2-1-3-6-17/h7-10,16-17,24H,1-6,11-15H2,(H2,25,26,27,28,29). The molecule has 0 amide bonds. The van der Waals surface area contributed by atoms with Gasteiger partial charge in [-0.2, -0.15) is 14.3 Å². The van der Waals surface area contributed by atoms with Crippen LogP contribution in [0, 0.1) is 5.92 Å². The summed E-state index contributed by atoms with van der Waals surface area (Å²) in [6.07, 6.45) is 8.57. The summed E-state index contributed by atoms with van der Waals surface area (Å²) in [6.45, 7) is 3.13. The van der Waals surface area contributed by atoms with Gasteiger partial charge in [-0.1, -0.05) is 19.3 Å². The predicted octanol–water partition coefficient (Wildman–Crippen LogP) is 3.04. The molecule has 2 aliphatic rings. The summed E-state index contributed by atoms with van der Waals surface area (Å²) >= 11 is 0. The maximum atomic E-state index is 13.0. The second-order valence-electron chi connectivity index (χ2n) is 8.93. The van der Waals surface area contributed by atoms with Crippen LogP contribution in [0.2, 0.25) is 0 Å². The van der Waals surface area contributed by atoms with Gasteiger partial charge in [-0.3, -0.25) is 0 Å². The molecule has 2 fully saturated rings. The van der Waals surface area contributed by atoms with Crippen molar-refractivity contribution in [1.82, 2.24) is 29.6 Å². The highest BCUT2D eigenvalue weighted by molar-refractivity contribution is 7.89. The maximum absolute atomic E-state index is 13.0. The Bertz CT molecular complexity index is 1200. The molecule has 3 N–H and O–H groups in total. The Balaban J connectivity index is 1.31. The van der Waals surface area contributed by atoms with Gasteiger partial charge in [0, 0.05) is 25.3 Å². The van der Waals surface area contributed by atoms with Gasteiger partial charge in [0.1, 0.15) is 5.52 Å². The zero-order valence-corrected chi connectivity index (χ0v) is 20.0. The summed E-state index contributed by atoms with van der Waals surface area (Å²) in [5.41, 5.74) is 1.88. The Labute approximate surface area is 199 Å². The molecule has 0 unspecified atom stereocenters. The van der Waals surface area contributed by atoms with Crippen LogP contribution in [0.4, 0.5) is 11.6 Å². The van der Waals surface area contributed by atoms with Gasteiger partial charge in [-0.15, -0.1) is 0 Å². The van der Waals surface area contributed by atoms with E-state index in [1.807, 2.05) is 0 Å². The molecule has 0 bridgehead atoms. The Morgan fingerprint density at radius 3 is 2.68 bits per heavy atom. The second kappa shape index (κ2) is 10.2. The number of aromatic amines is 1. The summed E-state index contributed by atoms with van der Waals surface area (Å²) in [5, 5.41) is 6.39. The van der Waals surface area contributed by atoms with Crippen LogP contribution in [0.25, 0.3) is 11.2 Å². The second-order valence-corrected chi connectivity index (χ2v) is 10.9. The van der Waals surface area contributed by atoms with Crippen LogP contribution >= 0.6 is 0 Å². The lowest BCUT2D eigenvalue weighted by atomic mass is 9.90. The van der Waals surface area contributed by atoms with Gasteiger partial charge in [0.2, 0.25) is 21.9 Å². The molecule has 0 spiro atoms. The van der Waals surface area contributed by atoms with E-state index in [0.717, 1.165) is 13.0 Å². The number of anilines is 2. The fraction of sp³-hybridized carbons (Fsp3) is 0.522. The van der Waals surface area contributed by atoms with Gasteiger partial charge in [-0.25, -0.2) is 13.4 Å². The number of H-pyrrole nitrogens is 1. The van der Waals surface area contributed by atoms with Crippen molar-refractivity contribution < 1.29 is 13.2 Å². The molecule has 1 aliphatic carbocycles. The molecule has 3 heterocycles. The van der Waals surface area contributed by atoms with Crippen molar-refractivity contribution in [3.8, 4) is 5.88 Å². The Morgan fingerprint density at radius 2 is 1.85 bits per heavy atom. The smallest absolute Gasteiger partial charge is 0.245 e. The molecule has 0 atom stereocenters. The van der Waals surface area contributed by atoms with E-state index in [4.69, 9.17) is 4.74 Å². The summed E-state index contributed by atoms with van der Waals surface area (Å²) < 4.78 is 33.6. The van der Waals surface area contributed by atoms with E-state index in [0.29, 0.717) is 60.8 Å². The van der Waals surface area contributed by atoms with Crippen molar-refractivity contribution in [2.24, 2.45) is 5.92 Å². The molecule has 34 heavy (non-hydrogen) atoms. The molecule has 10 nitrogen and oxygen atoms in total. The molecule has 1 saturated heterocycles. The average Bonchev–Trinajstić information content (AvgIpc) is 3.15. The van der Waals surface area contributed by atoms with Gasteiger partial charge in [0.15, 0.2) is 5.65 Å². The molecule has 3 aromatic rings. The third kappa shape index (κ3) is 5.16. The fourth-order valence-corrected chi connectivity index (χ4v) is 6.05. The summed E-state index contributed by atoms with van der Waals surface area (Å²) in [4.78, 5) is 16.6. The predicted molar refractivity (Wildman–Crippen MR) is 130 cm³/mol. The number of nitrogens with one attached hydrogen (secondary N) is 3. The topological polar surface area (TPSA) is 125 Å². The highest BCUT2D eigenvalue weighted by atomic mass is 32.2. The summed E-state index contributed by atoms with van der Waals surface area (Å²) in [6, 6.07) is 6.68.